The molecule has 0 spiro atoms. The molecule has 0 aromatic carbocycles. The van der Waals surface area contributed by atoms with Crippen molar-refractivity contribution < 1.29 is 9.90 Å². The zero-order valence-corrected chi connectivity index (χ0v) is 6.85. The predicted octanol–water partition coefficient (Wildman–Crippen LogP) is -0.950. The second-order valence-electron chi connectivity index (χ2n) is 3.26. The Bertz CT molecular complexity index is 162. The number of ketones is 1. The lowest BCUT2D eigenvalue weighted by Crippen LogP contribution is -2.45. The highest BCUT2D eigenvalue weighted by Gasteiger charge is 2.39. The normalized spacial score (nSPS) is 22.5. The maximum absolute atomic E-state index is 11.3. The topological polar surface area (TPSA) is 61.4 Å². The van der Waals surface area contributed by atoms with Crippen molar-refractivity contribution in [2.75, 3.05) is 13.1 Å². The van der Waals surface area contributed by atoms with Gasteiger partial charge in [-0.2, -0.15) is 0 Å². The molecule has 1 aliphatic heterocycles. The molecular weight excluding hydrogens is 144 g/mol. The van der Waals surface area contributed by atoms with Crippen molar-refractivity contribution in [3.63, 3.8) is 0 Å². The average Bonchev–Trinajstić information content (AvgIpc) is 2.35. The second kappa shape index (κ2) is 2.89. The maximum Gasteiger partial charge on any atom is 0.169 e. The van der Waals surface area contributed by atoms with E-state index in [0.717, 1.165) is 0 Å². The Hall–Kier alpha value is -0.450. The summed E-state index contributed by atoms with van der Waals surface area (Å²) >= 11 is 0. The number of Topliss-reactive ketones (excluding diaryl/α,β-unsaturated/α-hetero) is 1. The first-order chi connectivity index (χ1) is 5.06. The summed E-state index contributed by atoms with van der Waals surface area (Å²) in [6, 6.07) is 0. The summed E-state index contributed by atoms with van der Waals surface area (Å²) in [5.74, 6) is -0.211. The van der Waals surface area contributed by atoms with Gasteiger partial charge in [-0.3, -0.25) is 15.6 Å². The molecule has 11 heavy (non-hydrogen) atoms. The van der Waals surface area contributed by atoms with E-state index in [-0.39, 0.29) is 11.7 Å². The fourth-order valence-electron chi connectivity index (χ4n) is 1.19. The third-order valence-electron chi connectivity index (χ3n) is 1.87. The molecule has 3 N–H and O–H groups in total. The number of β-amino-alcohol motifs (C(OH)–C–C–N with tert-alkyl or cyclic N) is 1. The van der Waals surface area contributed by atoms with E-state index in [0.29, 0.717) is 13.1 Å². The quantitative estimate of drug-likeness (QED) is 0.485. The molecule has 0 saturated carbocycles. The van der Waals surface area contributed by atoms with Gasteiger partial charge in [0.1, 0.15) is 0 Å². The average molecular weight is 158 g/mol. The summed E-state index contributed by atoms with van der Waals surface area (Å²) in [5.41, 5.74) is 4.27. The van der Waals surface area contributed by atoms with Crippen LogP contribution in [0.1, 0.15) is 13.8 Å². The van der Waals surface area contributed by atoms with Crippen LogP contribution >= 0.6 is 0 Å². The first-order valence-corrected chi connectivity index (χ1v) is 3.79. The molecule has 0 atom stereocenters. The van der Waals surface area contributed by atoms with Crippen LogP contribution in [0.15, 0.2) is 0 Å². The molecule has 1 aliphatic rings. The van der Waals surface area contributed by atoms with Crippen molar-refractivity contribution in [2.45, 2.75) is 19.4 Å². The van der Waals surface area contributed by atoms with Crippen LogP contribution in [-0.2, 0) is 4.79 Å². The smallest absolute Gasteiger partial charge is 0.169 e. The van der Waals surface area contributed by atoms with E-state index in [2.05, 4.69) is 10.9 Å². The van der Waals surface area contributed by atoms with Crippen LogP contribution in [0.3, 0.4) is 0 Å². The van der Waals surface area contributed by atoms with E-state index in [1.807, 2.05) is 0 Å². The minimum Gasteiger partial charge on any atom is -0.379 e. The Morgan fingerprint density at radius 3 is 2.27 bits per heavy atom. The predicted molar refractivity (Wildman–Crippen MR) is 40.8 cm³/mol. The van der Waals surface area contributed by atoms with Crippen LogP contribution in [0.4, 0.5) is 0 Å². The minimum atomic E-state index is -1.19. The van der Waals surface area contributed by atoms with Gasteiger partial charge >= 0.3 is 0 Å². The Labute approximate surface area is 65.9 Å². The first kappa shape index (κ1) is 8.64. The number of hydrogen-bond donors (Lipinski definition) is 3. The maximum atomic E-state index is 11.3. The van der Waals surface area contributed by atoms with E-state index in [1.165, 1.54) is 0 Å². The first-order valence-electron chi connectivity index (χ1n) is 3.79. The molecule has 0 aromatic rings. The fraction of sp³-hybridized carbons (Fsp3) is 0.857. The number of hydrogen-bond acceptors (Lipinski definition) is 4. The molecule has 0 aromatic heterocycles. The Kier molecular flexibility index (Phi) is 2.27. The zero-order chi connectivity index (χ0) is 8.48. The number of nitrogens with one attached hydrogen (secondary N) is 2. The van der Waals surface area contributed by atoms with E-state index >= 15 is 0 Å². The van der Waals surface area contributed by atoms with Gasteiger partial charge in [-0.15, -0.1) is 0 Å². The summed E-state index contributed by atoms with van der Waals surface area (Å²) in [5, 5.41) is 9.66. The molecule has 0 amide bonds. The molecule has 0 radical (unpaired) electrons. The number of carbonyl (C=O) groups is 1. The lowest BCUT2D eigenvalue weighted by atomic mass is 9.92. The highest BCUT2D eigenvalue weighted by molar-refractivity contribution is 5.89. The fourth-order valence-corrected chi connectivity index (χ4v) is 1.19. The molecule has 0 aliphatic carbocycles. The monoisotopic (exact) mass is 158 g/mol. The van der Waals surface area contributed by atoms with Gasteiger partial charge in [0, 0.05) is 19.0 Å². The molecular formula is C7H14N2O2. The van der Waals surface area contributed by atoms with E-state index in [4.69, 9.17) is 0 Å². The molecule has 1 rings (SSSR count). The van der Waals surface area contributed by atoms with Gasteiger partial charge in [-0.05, 0) is 0 Å². The number of aliphatic hydroxyl groups is 1. The molecule has 0 unspecified atom stereocenters. The Balaban J connectivity index is 2.64. The van der Waals surface area contributed by atoms with Gasteiger partial charge in [-0.1, -0.05) is 13.8 Å². The lowest BCUT2D eigenvalue weighted by Gasteiger charge is -2.20. The largest absolute Gasteiger partial charge is 0.379 e. The summed E-state index contributed by atoms with van der Waals surface area (Å²) in [6.45, 7) is 4.20. The molecule has 4 heteroatoms. The second-order valence-corrected chi connectivity index (χ2v) is 3.26. The van der Waals surface area contributed by atoms with Crippen LogP contribution in [0, 0.1) is 5.92 Å². The SMILES string of the molecule is CC(C)C(=O)C1(O)CNNC1. The Morgan fingerprint density at radius 2 is 1.91 bits per heavy atom. The summed E-state index contributed by atoms with van der Waals surface area (Å²) in [6.07, 6.45) is 0. The van der Waals surface area contributed by atoms with Gasteiger partial charge in [0.2, 0.25) is 0 Å². The van der Waals surface area contributed by atoms with Crippen LogP contribution in [0.2, 0.25) is 0 Å². The number of hydrazine groups is 1. The van der Waals surface area contributed by atoms with Crippen LogP contribution < -0.4 is 10.9 Å². The highest BCUT2D eigenvalue weighted by atomic mass is 16.3. The number of carbonyl (C=O) groups excluding carboxylic acids is 1. The van der Waals surface area contributed by atoms with Crippen molar-refractivity contribution in [1.82, 2.24) is 10.9 Å². The highest BCUT2D eigenvalue weighted by Crippen LogP contribution is 2.13. The summed E-state index contributed by atoms with van der Waals surface area (Å²) in [7, 11) is 0. The lowest BCUT2D eigenvalue weighted by molar-refractivity contribution is -0.137. The van der Waals surface area contributed by atoms with Crippen molar-refractivity contribution >= 4 is 5.78 Å². The third-order valence-corrected chi connectivity index (χ3v) is 1.87. The van der Waals surface area contributed by atoms with Crippen LogP contribution in [-0.4, -0.2) is 29.6 Å². The van der Waals surface area contributed by atoms with Crippen molar-refractivity contribution in [2.24, 2.45) is 5.92 Å². The zero-order valence-electron chi connectivity index (χ0n) is 6.85. The molecule has 1 fully saturated rings. The van der Waals surface area contributed by atoms with Gasteiger partial charge < -0.3 is 5.11 Å². The molecule has 1 heterocycles. The van der Waals surface area contributed by atoms with Crippen LogP contribution in [0.25, 0.3) is 0 Å². The van der Waals surface area contributed by atoms with E-state index in [9.17, 15) is 9.90 Å². The van der Waals surface area contributed by atoms with Crippen molar-refractivity contribution in [3.8, 4) is 0 Å². The van der Waals surface area contributed by atoms with Gasteiger partial charge in [0.15, 0.2) is 11.4 Å². The Morgan fingerprint density at radius 1 is 1.45 bits per heavy atom. The molecule has 4 nitrogen and oxygen atoms in total. The molecule has 64 valence electrons. The summed E-state index contributed by atoms with van der Waals surface area (Å²) < 4.78 is 0. The van der Waals surface area contributed by atoms with Gasteiger partial charge in [-0.25, -0.2) is 0 Å². The molecule has 1 saturated heterocycles. The van der Waals surface area contributed by atoms with Crippen LogP contribution in [0.5, 0.6) is 0 Å². The molecule has 0 bridgehead atoms. The van der Waals surface area contributed by atoms with Gasteiger partial charge in [0.05, 0.1) is 0 Å². The van der Waals surface area contributed by atoms with Gasteiger partial charge in [0.25, 0.3) is 0 Å². The van der Waals surface area contributed by atoms with E-state index in [1.54, 1.807) is 13.8 Å². The third kappa shape index (κ3) is 1.58. The number of rotatable bonds is 2. The minimum absolute atomic E-state index is 0.102. The van der Waals surface area contributed by atoms with Crippen molar-refractivity contribution in [3.05, 3.63) is 0 Å². The van der Waals surface area contributed by atoms with Crippen molar-refractivity contribution in [1.29, 1.82) is 0 Å². The summed E-state index contributed by atoms with van der Waals surface area (Å²) in [4.78, 5) is 11.3. The standard InChI is InChI=1S/C7H14N2O2/c1-5(2)6(10)7(11)3-8-9-4-7/h5,8-9,11H,3-4H2,1-2H3. The van der Waals surface area contributed by atoms with E-state index < -0.39 is 5.60 Å².